The fourth-order valence-electron chi connectivity index (χ4n) is 1.07. The normalized spacial score (nSPS) is 13.1. The van der Waals surface area contributed by atoms with Crippen LogP contribution in [0, 0.1) is 0 Å². The number of hydrogen-bond acceptors (Lipinski definition) is 2. The second kappa shape index (κ2) is 5.87. The van der Waals surface area contributed by atoms with Gasteiger partial charge in [0.25, 0.3) is 0 Å². The highest BCUT2D eigenvalue weighted by atomic mass is 35.5. The van der Waals surface area contributed by atoms with E-state index in [0.29, 0.717) is 5.88 Å². The van der Waals surface area contributed by atoms with Gasteiger partial charge in [0.05, 0.1) is 5.54 Å². The van der Waals surface area contributed by atoms with Crippen LogP contribution in [0.4, 0.5) is 0 Å². The quantitative estimate of drug-likeness (QED) is 0.452. The number of hydrogen-bond donors (Lipinski definition) is 0. The molecule has 0 amide bonds. The van der Waals surface area contributed by atoms with E-state index in [1.807, 2.05) is 30.3 Å². The van der Waals surface area contributed by atoms with Crippen LogP contribution in [-0.2, 0) is 4.43 Å². The zero-order chi connectivity index (χ0) is 12.0. The molecule has 0 N–H and O–H groups in total. The minimum atomic E-state index is -1.65. The number of aliphatic imine (C=N–C) groups is 1. The molecule has 0 saturated heterocycles. The first-order valence-electron chi connectivity index (χ1n) is 5.10. The molecule has 16 heavy (non-hydrogen) atoms. The Morgan fingerprint density at radius 2 is 1.88 bits per heavy atom. The molecule has 1 rings (SSSR count). The van der Waals surface area contributed by atoms with Gasteiger partial charge in [-0.1, -0.05) is 41.9 Å². The predicted molar refractivity (Wildman–Crippen MR) is 72.4 cm³/mol. The minimum absolute atomic E-state index is 0.477. The van der Waals surface area contributed by atoms with Crippen molar-refractivity contribution in [2.24, 2.45) is 4.99 Å². The maximum absolute atomic E-state index is 5.68. The van der Waals surface area contributed by atoms with Crippen LogP contribution in [0.2, 0.25) is 19.6 Å². The molecule has 1 aromatic rings. The molecule has 0 aliphatic rings. The molecule has 0 heterocycles. The van der Waals surface area contributed by atoms with Gasteiger partial charge in [0, 0.05) is 6.21 Å². The van der Waals surface area contributed by atoms with Gasteiger partial charge in [-0.15, -0.1) is 0 Å². The van der Waals surface area contributed by atoms with Crippen molar-refractivity contribution in [3.63, 3.8) is 0 Å². The number of benzene rings is 1. The molecule has 0 radical (unpaired) electrons. The molecule has 86 valence electrons. The van der Waals surface area contributed by atoms with Crippen LogP contribution in [0.3, 0.4) is 0 Å². The van der Waals surface area contributed by atoms with Gasteiger partial charge in [-0.2, -0.15) is 0 Å². The average Bonchev–Trinajstić information content (AvgIpc) is 2.24. The van der Waals surface area contributed by atoms with Gasteiger partial charge in [-0.3, -0.25) is 0 Å². The molecule has 0 aliphatic carbocycles. The second-order valence-corrected chi connectivity index (χ2v) is 8.98. The zero-order valence-corrected chi connectivity index (χ0v) is 11.5. The summed E-state index contributed by atoms with van der Waals surface area (Å²) < 4.78 is 5.68. The van der Waals surface area contributed by atoms with E-state index in [2.05, 4.69) is 24.6 Å². The first-order chi connectivity index (χ1) is 7.51. The molecular weight excluding hydrogens is 238 g/mol. The lowest BCUT2D eigenvalue weighted by Crippen LogP contribution is -2.24. The molecule has 0 saturated carbocycles. The van der Waals surface area contributed by atoms with Gasteiger partial charge in [-0.25, -0.2) is 4.99 Å². The first-order valence-corrected chi connectivity index (χ1v) is 8.94. The summed E-state index contributed by atoms with van der Waals surface area (Å²) >= 11 is 5.66. The van der Waals surface area contributed by atoms with Crippen molar-refractivity contribution in [2.45, 2.75) is 19.6 Å². The standard InChI is InChI=1S/C12H16ClNOSi/c1-16(2,3)15-12(9-13)14-10-11-7-5-4-6-8-11/h4-10H,1-3H3/b12-9-,14-10+. The number of halogens is 1. The Balaban J connectivity index is 2.69. The largest absolute Gasteiger partial charge is 0.531 e. The molecule has 0 spiro atoms. The fraction of sp³-hybridized carbons (Fsp3) is 0.250. The van der Waals surface area contributed by atoms with Crippen molar-refractivity contribution in [1.29, 1.82) is 0 Å². The maximum atomic E-state index is 5.68. The van der Waals surface area contributed by atoms with E-state index in [1.54, 1.807) is 6.21 Å². The summed E-state index contributed by atoms with van der Waals surface area (Å²) in [5.41, 5.74) is 2.40. The summed E-state index contributed by atoms with van der Waals surface area (Å²) in [6.45, 7) is 6.27. The smallest absolute Gasteiger partial charge is 0.244 e. The lowest BCUT2D eigenvalue weighted by molar-refractivity contribution is 0.419. The van der Waals surface area contributed by atoms with Crippen molar-refractivity contribution in [2.75, 3.05) is 0 Å². The van der Waals surface area contributed by atoms with E-state index in [1.165, 1.54) is 5.54 Å². The van der Waals surface area contributed by atoms with Gasteiger partial charge in [0.1, 0.15) is 0 Å². The van der Waals surface area contributed by atoms with Crippen LogP contribution in [0.25, 0.3) is 0 Å². The zero-order valence-electron chi connectivity index (χ0n) is 9.77. The fourth-order valence-corrected chi connectivity index (χ4v) is 1.98. The first kappa shape index (κ1) is 13.0. The van der Waals surface area contributed by atoms with Gasteiger partial charge in [-0.05, 0) is 25.2 Å². The van der Waals surface area contributed by atoms with Crippen molar-refractivity contribution < 1.29 is 4.43 Å². The van der Waals surface area contributed by atoms with E-state index in [4.69, 9.17) is 16.0 Å². The predicted octanol–water partition coefficient (Wildman–Crippen LogP) is 3.99. The highest BCUT2D eigenvalue weighted by Gasteiger charge is 2.16. The van der Waals surface area contributed by atoms with Crippen molar-refractivity contribution in [3.05, 3.63) is 47.3 Å². The van der Waals surface area contributed by atoms with Crippen LogP contribution in [-0.4, -0.2) is 14.5 Å². The Kier molecular flexibility index (Phi) is 4.77. The summed E-state index contributed by atoms with van der Waals surface area (Å²) in [6.07, 6.45) is 1.74. The molecule has 2 nitrogen and oxygen atoms in total. The van der Waals surface area contributed by atoms with Crippen molar-refractivity contribution in [3.8, 4) is 0 Å². The Morgan fingerprint density at radius 1 is 1.25 bits per heavy atom. The van der Waals surface area contributed by atoms with Crippen molar-refractivity contribution in [1.82, 2.24) is 0 Å². The minimum Gasteiger partial charge on any atom is -0.531 e. The Hall–Kier alpha value is -1.06. The lowest BCUT2D eigenvalue weighted by Gasteiger charge is -2.18. The average molecular weight is 254 g/mol. The number of rotatable bonds is 4. The van der Waals surface area contributed by atoms with E-state index < -0.39 is 8.32 Å². The molecule has 0 aromatic heterocycles. The Morgan fingerprint density at radius 3 is 2.38 bits per heavy atom. The van der Waals surface area contributed by atoms with E-state index in [-0.39, 0.29) is 0 Å². The lowest BCUT2D eigenvalue weighted by atomic mass is 10.2. The molecule has 1 aromatic carbocycles. The SMILES string of the molecule is C[Si](C)(C)OC(=C\Cl)/N=C/c1ccccc1. The molecule has 0 fully saturated rings. The third-order valence-electron chi connectivity index (χ3n) is 1.64. The van der Waals surface area contributed by atoms with E-state index in [0.717, 1.165) is 5.56 Å². The van der Waals surface area contributed by atoms with Gasteiger partial charge < -0.3 is 4.43 Å². The summed E-state index contributed by atoms with van der Waals surface area (Å²) in [7, 11) is -1.65. The highest BCUT2D eigenvalue weighted by molar-refractivity contribution is 6.70. The van der Waals surface area contributed by atoms with Gasteiger partial charge >= 0.3 is 0 Å². The summed E-state index contributed by atoms with van der Waals surface area (Å²) in [4.78, 5) is 4.21. The third-order valence-corrected chi connectivity index (χ3v) is 2.65. The molecule has 0 atom stereocenters. The molecule has 0 bridgehead atoms. The Bertz CT molecular complexity index is 382. The van der Waals surface area contributed by atoms with E-state index in [9.17, 15) is 0 Å². The van der Waals surface area contributed by atoms with Crippen LogP contribution >= 0.6 is 11.6 Å². The molecular formula is C12H16ClNOSi. The summed E-state index contributed by atoms with van der Waals surface area (Å²) in [5, 5.41) is 0. The van der Waals surface area contributed by atoms with Crippen LogP contribution in [0.1, 0.15) is 5.56 Å². The molecule has 4 heteroatoms. The van der Waals surface area contributed by atoms with Crippen LogP contribution in [0.15, 0.2) is 46.7 Å². The van der Waals surface area contributed by atoms with Crippen LogP contribution in [0.5, 0.6) is 0 Å². The summed E-state index contributed by atoms with van der Waals surface area (Å²) in [5.74, 6) is 0.477. The number of nitrogens with zero attached hydrogens (tertiary/aromatic N) is 1. The third kappa shape index (κ3) is 5.14. The maximum Gasteiger partial charge on any atom is 0.244 e. The topological polar surface area (TPSA) is 21.6 Å². The Labute approximate surface area is 103 Å². The highest BCUT2D eigenvalue weighted by Crippen LogP contribution is 2.12. The van der Waals surface area contributed by atoms with Crippen molar-refractivity contribution >= 4 is 26.1 Å². The summed E-state index contributed by atoms with van der Waals surface area (Å²) in [6, 6.07) is 9.84. The van der Waals surface area contributed by atoms with E-state index >= 15 is 0 Å². The molecule has 0 unspecified atom stereocenters. The van der Waals surface area contributed by atoms with Gasteiger partial charge in [0.2, 0.25) is 14.2 Å². The van der Waals surface area contributed by atoms with Gasteiger partial charge in [0.15, 0.2) is 0 Å². The van der Waals surface area contributed by atoms with Crippen LogP contribution < -0.4 is 0 Å². The second-order valence-electron chi connectivity index (χ2n) is 4.33. The molecule has 0 aliphatic heterocycles. The monoisotopic (exact) mass is 253 g/mol.